The number of aromatic nitrogens is 1. The molecule has 20 heavy (non-hydrogen) atoms. The van der Waals surface area contributed by atoms with Crippen LogP contribution in [0.1, 0.15) is 21.6 Å². The number of rotatable bonds is 5. The Kier molecular flexibility index (Phi) is 4.51. The number of aryl methyl sites for hydroxylation is 2. The first kappa shape index (κ1) is 14.7. The van der Waals surface area contributed by atoms with Crippen LogP contribution in [0.2, 0.25) is 0 Å². The summed E-state index contributed by atoms with van der Waals surface area (Å²) in [6.07, 6.45) is 0. The molecular formula is C13H12N2O3S2. The van der Waals surface area contributed by atoms with Crippen LogP contribution in [0, 0.1) is 24.0 Å². The molecule has 0 amide bonds. The molecule has 0 N–H and O–H groups in total. The highest BCUT2D eigenvalue weighted by molar-refractivity contribution is 8.01. The molecule has 2 aromatic rings. The van der Waals surface area contributed by atoms with Gasteiger partial charge in [0.2, 0.25) is 0 Å². The molecule has 0 radical (unpaired) electrons. The average Bonchev–Trinajstić information content (AvgIpc) is 2.82. The number of benzene rings is 1. The van der Waals surface area contributed by atoms with Crippen LogP contribution < -0.4 is 0 Å². The van der Waals surface area contributed by atoms with Gasteiger partial charge in [-0.3, -0.25) is 14.9 Å². The van der Waals surface area contributed by atoms with Crippen molar-refractivity contribution in [1.82, 2.24) is 4.98 Å². The Bertz CT molecular complexity index is 667. The molecule has 7 heteroatoms. The lowest BCUT2D eigenvalue weighted by atomic mass is 10.1. The molecule has 0 bridgehead atoms. The zero-order chi connectivity index (χ0) is 14.7. The maximum Gasteiger partial charge on any atom is 0.273 e. The standard InChI is InChI=1S/C13H12N2O3S2/c1-8-3-4-10(5-11(8)15(17)18)12(16)7-20-13-14-9(2)6-19-13/h3-6H,7H2,1-2H3. The number of hydrogen-bond donors (Lipinski definition) is 0. The smallest absolute Gasteiger partial charge is 0.273 e. The van der Waals surface area contributed by atoms with Crippen LogP contribution in [0.3, 0.4) is 0 Å². The second-order valence-electron chi connectivity index (χ2n) is 4.23. The molecule has 5 nitrogen and oxygen atoms in total. The minimum absolute atomic E-state index is 0.0223. The van der Waals surface area contributed by atoms with Crippen LogP contribution in [-0.4, -0.2) is 21.4 Å². The Morgan fingerprint density at radius 2 is 2.20 bits per heavy atom. The largest absolute Gasteiger partial charge is 0.293 e. The fourth-order valence-electron chi connectivity index (χ4n) is 1.59. The molecule has 0 spiro atoms. The zero-order valence-corrected chi connectivity index (χ0v) is 12.6. The van der Waals surface area contributed by atoms with E-state index in [4.69, 9.17) is 0 Å². The Labute approximate surface area is 124 Å². The highest BCUT2D eigenvalue weighted by Crippen LogP contribution is 2.25. The topological polar surface area (TPSA) is 73.1 Å². The molecule has 0 aliphatic rings. The summed E-state index contributed by atoms with van der Waals surface area (Å²) in [5.41, 5.74) is 1.82. The molecule has 0 aliphatic heterocycles. The van der Waals surface area contributed by atoms with Gasteiger partial charge < -0.3 is 0 Å². The normalized spacial score (nSPS) is 10.5. The van der Waals surface area contributed by atoms with Crippen molar-refractivity contribution in [2.45, 2.75) is 18.2 Å². The second kappa shape index (κ2) is 6.15. The summed E-state index contributed by atoms with van der Waals surface area (Å²) in [7, 11) is 0. The fraction of sp³-hybridized carbons (Fsp3) is 0.231. The molecule has 1 aromatic heterocycles. The summed E-state index contributed by atoms with van der Waals surface area (Å²) >= 11 is 2.84. The number of thioether (sulfide) groups is 1. The van der Waals surface area contributed by atoms with E-state index in [0.717, 1.165) is 10.0 Å². The second-order valence-corrected chi connectivity index (χ2v) is 6.31. The Morgan fingerprint density at radius 1 is 1.45 bits per heavy atom. The summed E-state index contributed by atoms with van der Waals surface area (Å²) in [4.78, 5) is 26.7. The number of thiazole rings is 1. The lowest BCUT2D eigenvalue weighted by Gasteiger charge is -2.02. The molecule has 1 heterocycles. The number of nitro benzene ring substituents is 1. The Balaban J connectivity index is 2.09. The number of carbonyl (C=O) groups excluding carboxylic acids is 1. The molecule has 0 fully saturated rings. The van der Waals surface area contributed by atoms with E-state index in [-0.39, 0.29) is 17.2 Å². The van der Waals surface area contributed by atoms with Crippen LogP contribution in [0.5, 0.6) is 0 Å². The van der Waals surface area contributed by atoms with E-state index in [1.807, 2.05) is 12.3 Å². The molecule has 2 rings (SSSR count). The summed E-state index contributed by atoms with van der Waals surface area (Å²) in [5.74, 6) is 0.0960. The predicted octanol–water partition coefficient (Wildman–Crippen LogP) is 3.64. The van der Waals surface area contributed by atoms with E-state index in [9.17, 15) is 14.9 Å². The van der Waals surface area contributed by atoms with Gasteiger partial charge in [0.05, 0.1) is 10.7 Å². The predicted molar refractivity (Wildman–Crippen MR) is 79.7 cm³/mol. The molecule has 0 atom stereocenters. The summed E-state index contributed by atoms with van der Waals surface area (Å²) in [6, 6.07) is 4.56. The van der Waals surface area contributed by atoms with E-state index < -0.39 is 4.92 Å². The van der Waals surface area contributed by atoms with E-state index in [0.29, 0.717) is 11.1 Å². The maximum atomic E-state index is 12.0. The van der Waals surface area contributed by atoms with Crippen LogP contribution in [0.4, 0.5) is 5.69 Å². The molecule has 1 aromatic carbocycles. The van der Waals surface area contributed by atoms with Gasteiger partial charge in [-0.25, -0.2) is 4.98 Å². The average molecular weight is 308 g/mol. The summed E-state index contributed by atoms with van der Waals surface area (Å²) < 4.78 is 0.831. The van der Waals surface area contributed by atoms with E-state index in [1.165, 1.54) is 29.2 Å². The van der Waals surface area contributed by atoms with Crippen molar-refractivity contribution in [3.05, 3.63) is 50.5 Å². The minimum Gasteiger partial charge on any atom is -0.293 e. The molecule has 0 aliphatic carbocycles. The number of nitrogens with zero attached hydrogens (tertiary/aromatic N) is 2. The quantitative estimate of drug-likeness (QED) is 0.365. The highest BCUT2D eigenvalue weighted by Gasteiger charge is 2.15. The number of nitro groups is 1. The lowest BCUT2D eigenvalue weighted by molar-refractivity contribution is -0.385. The minimum atomic E-state index is -0.469. The van der Waals surface area contributed by atoms with Gasteiger partial charge in [0.15, 0.2) is 10.1 Å². The molecular weight excluding hydrogens is 296 g/mol. The number of carbonyl (C=O) groups is 1. The van der Waals surface area contributed by atoms with Crippen LogP contribution in [0.25, 0.3) is 0 Å². The number of Topliss-reactive ketones (excluding diaryl/α,β-unsaturated/α-hetero) is 1. The monoisotopic (exact) mass is 308 g/mol. The highest BCUT2D eigenvalue weighted by atomic mass is 32.2. The summed E-state index contributed by atoms with van der Waals surface area (Å²) in [6.45, 7) is 3.55. The Hall–Kier alpha value is -1.73. The lowest BCUT2D eigenvalue weighted by Crippen LogP contribution is -2.04. The van der Waals surface area contributed by atoms with E-state index >= 15 is 0 Å². The van der Waals surface area contributed by atoms with E-state index in [1.54, 1.807) is 19.1 Å². The van der Waals surface area contributed by atoms with Crippen molar-refractivity contribution in [2.75, 3.05) is 5.75 Å². The first-order chi connectivity index (χ1) is 9.47. The van der Waals surface area contributed by atoms with Crippen molar-refractivity contribution in [3.63, 3.8) is 0 Å². The third kappa shape index (κ3) is 3.43. The van der Waals surface area contributed by atoms with Crippen LogP contribution >= 0.6 is 23.1 Å². The fourth-order valence-corrected chi connectivity index (χ4v) is 3.33. The van der Waals surface area contributed by atoms with Gasteiger partial charge >= 0.3 is 0 Å². The first-order valence-electron chi connectivity index (χ1n) is 5.80. The van der Waals surface area contributed by atoms with Gasteiger partial charge in [0.1, 0.15) is 0 Å². The maximum absolute atomic E-state index is 12.0. The summed E-state index contributed by atoms with van der Waals surface area (Å²) in [5, 5.41) is 12.8. The molecule has 0 saturated heterocycles. The Morgan fingerprint density at radius 3 is 2.80 bits per heavy atom. The van der Waals surface area contributed by atoms with Gasteiger partial charge in [-0.15, -0.1) is 11.3 Å². The van der Waals surface area contributed by atoms with Gasteiger partial charge in [-0.2, -0.15) is 0 Å². The van der Waals surface area contributed by atoms with Crippen molar-refractivity contribution in [2.24, 2.45) is 0 Å². The van der Waals surface area contributed by atoms with Gasteiger partial charge in [-0.1, -0.05) is 23.9 Å². The third-order valence-corrected chi connectivity index (χ3v) is 4.79. The number of ketones is 1. The molecule has 104 valence electrons. The third-order valence-electron chi connectivity index (χ3n) is 2.65. The molecule has 0 saturated carbocycles. The van der Waals surface area contributed by atoms with E-state index in [2.05, 4.69) is 4.98 Å². The van der Waals surface area contributed by atoms with Crippen molar-refractivity contribution in [3.8, 4) is 0 Å². The van der Waals surface area contributed by atoms with Crippen molar-refractivity contribution in [1.29, 1.82) is 0 Å². The van der Waals surface area contributed by atoms with Crippen molar-refractivity contribution < 1.29 is 9.72 Å². The van der Waals surface area contributed by atoms with Crippen molar-refractivity contribution >= 4 is 34.6 Å². The van der Waals surface area contributed by atoms with Crippen LogP contribution in [-0.2, 0) is 0 Å². The zero-order valence-electron chi connectivity index (χ0n) is 11.0. The first-order valence-corrected chi connectivity index (χ1v) is 7.67. The van der Waals surface area contributed by atoms with Gasteiger partial charge in [0, 0.05) is 28.3 Å². The number of hydrogen-bond acceptors (Lipinski definition) is 6. The van der Waals surface area contributed by atoms with Gasteiger partial charge in [0.25, 0.3) is 5.69 Å². The SMILES string of the molecule is Cc1csc(SCC(=O)c2ccc(C)c([N+](=O)[O-])c2)n1. The van der Waals surface area contributed by atoms with Gasteiger partial charge in [-0.05, 0) is 13.8 Å². The van der Waals surface area contributed by atoms with Crippen LogP contribution in [0.15, 0.2) is 27.9 Å². The molecule has 0 unspecified atom stereocenters.